The van der Waals surface area contributed by atoms with Crippen LogP contribution in [0.4, 0.5) is 0 Å². The van der Waals surface area contributed by atoms with Gasteiger partial charge in [-0.25, -0.2) is 0 Å². The molecule has 15 heavy (non-hydrogen) atoms. The maximum Gasteiger partial charge on any atom is 0.302 e. The zero-order valence-electron chi connectivity index (χ0n) is 8.11. The van der Waals surface area contributed by atoms with Crippen LogP contribution in [-0.4, -0.2) is 63.7 Å². The van der Waals surface area contributed by atoms with E-state index in [0.29, 0.717) is 0 Å². The highest BCUT2D eigenvalue weighted by Gasteiger charge is 2.45. The molecule has 1 saturated heterocycles. The van der Waals surface area contributed by atoms with E-state index in [2.05, 4.69) is 4.74 Å². The van der Waals surface area contributed by atoms with E-state index in [0.717, 1.165) is 0 Å². The molecule has 1 aliphatic rings. The number of rotatable bonds is 3. The van der Waals surface area contributed by atoms with Gasteiger partial charge in [-0.15, -0.1) is 0 Å². The Kier molecular flexibility index (Phi) is 4.00. The molecule has 1 fully saturated rings. The highest BCUT2D eigenvalue weighted by molar-refractivity contribution is 5.65. The van der Waals surface area contributed by atoms with Crippen molar-refractivity contribution in [3.8, 4) is 0 Å². The Labute approximate surface area is 85.9 Å². The van der Waals surface area contributed by atoms with Crippen LogP contribution in [0.3, 0.4) is 0 Å². The summed E-state index contributed by atoms with van der Waals surface area (Å²) in [6.45, 7) is 0.804. The lowest BCUT2D eigenvalue weighted by atomic mass is 10.1. The smallest absolute Gasteiger partial charge is 0.302 e. The molecule has 1 heterocycles. The second-order valence-electron chi connectivity index (χ2n) is 3.34. The van der Waals surface area contributed by atoms with Gasteiger partial charge in [0.1, 0.15) is 31.0 Å². The third kappa shape index (κ3) is 2.86. The van der Waals surface area contributed by atoms with Crippen LogP contribution in [0.1, 0.15) is 6.92 Å². The lowest BCUT2D eigenvalue weighted by Crippen LogP contribution is -2.41. The Balaban J connectivity index is 2.46. The summed E-state index contributed by atoms with van der Waals surface area (Å²) in [4.78, 5) is 10.4. The zero-order chi connectivity index (χ0) is 11.6. The zero-order valence-corrected chi connectivity index (χ0v) is 8.11. The number of carbonyl (C=O) groups excluding carboxylic acids is 1. The van der Waals surface area contributed by atoms with Crippen molar-refractivity contribution in [2.75, 3.05) is 6.61 Å². The molecule has 1 unspecified atom stereocenters. The Hall–Kier alpha value is -0.730. The number of hydrogen-bond donors (Lipinski definition) is 4. The van der Waals surface area contributed by atoms with Crippen molar-refractivity contribution in [3.63, 3.8) is 0 Å². The molecule has 0 saturated carbocycles. The van der Waals surface area contributed by atoms with Crippen LogP contribution in [0.5, 0.6) is 0 Å². The van der Waals surface area contributed by atoms with E-state index in [1.807, 2.05) is 0 Å². The number of aliphatic hydroxyl groups excluding tert-OH is 4. The van der Waals surface area contributed by atoms with Gasteiger partial charge in [-0.3, -0.25) is 4.79 Å². The summed E-state index contributed by atoms with van der Waals surface area (Å²) in [6, 6.07) is 0. The molecule has 0 aromatic heterocycles. The molecular weight excluding hydrogens is 208 g/mol. The molecule has 1 rings (SSSR count). The first kappa shape index (κ1) is 12.3. The largest absolute Gasteiger partial charge is 0.463 e. The topological polar surface area (TPSA) is 116 Å². The highest BCUT2D eigenvalue weighted by atomic mass is 16.7. The van der Waals surface area contributed by atoms with Gasteiger partial charge >= 0.3 is 5.97 Å². The fourth-order valence-corrected chi connectivity index (χ4v) is 1.30. The Morgan fingerprint density at radius 1 is 1.40 bits per heavy atom. The maximum absolute atomic E-state index is 10.4. The first-order valence-corrected chi connectivity index (χ1v) is 4.44. The first-order valence-electron chi connectivity index (χ1n) is 4.44. The van der Waals surface area contributed by atoms with Crippen LogP contribution in [-0.2, 0) is 14.3 Å². The minimum Gasteiger partial charge on any atom is -0.463 e. The predicted molar refractivity (Wildman–Crippen MR) is 45.5 cm³/mol. The summed E-state index contributed by atoms with van der Waals surface area (Å²) < 4.78 is 9.19. The van der Waals surface area contributed by atoms with Crippen molar-refractivity contribution in [3.05, 3.63) is 0 Å². The molecule has 4 N–H and O–H groups in total. The van der Waals surface area contributed by atoms with E-state index >= 15 is 0 Å². The molecule has 0 spiro atoms. The lowest BCUT2D eigenvalue weighted by molar-refractivity contribution is -0.161. The third-order valence-electron chi connectivity index (χ3n) is 2.11. The molecule has 0 aromatic rings. The van der Waals surface area contributed by atoms with Crippen molar-refractivity contribution >= 4 is 5.97 Å². The fourth-order valence-electron chi connectivity index (χ4n) is 1.30. The summed E-state index contributed by atoms with van der Waals surface area (Å²) in [7, 11) is 0. The Morgan fingerprint density at radius 2 is 2.00 bits per heavy atom. The van der Waals surface area contributed by atoms with E-state index in [9.17, 15) is 15.0 Å². The van der Waals surface area contributed by atoms with Gasteiger partial charge in [-0.1, -0.05) is 0 Å². The highest BCUT2D eigenvalue weighted by Crippen LogP contribution is 2.22. The number of hydrogen-bond acceptors (Lipinski definition) is 7. The number of ether oxygens (including phenoxy) is 2. The molecule has 7 nitrogen and oxygen atoms in total. The normalized spacial score (nSPS) is 37.7. The molecule has 0 amide bonds. The van der Waals surface area contributed by atoms with Crippen molar-refractivity contribution in [2.45, 2.75) is 37.6 Å². The van der Waals surface area contributed by atoms with Gasteiger partial charge in [-0.05, 0) is 0 Å². The van der Waals surface area contributed by atoms with Gasteiger partial charge in [0, 0.05) is 6.92 Å². The van der Waals surface area contributed by atoms with E-state index in [1.165, 1.54) is 6.92 Å². The Morgan fingerprint density at radius 3 is 2.40 bits per heavy atom. The van der Waals surface area contributed by atoms with Crippen LogP contribution in [0, 0.1) is 0 Å². The number of carbonyl (C=O) groups is 1. The molecule has 0 aliphatic carbocycles. The predicted octanol–water partition coefficient (Wildman–Crippen LogP) is -2.65. The van der Waals surface area contributed by atoms with Crippen molar-refractivity contribution in [2.24, 2.45) is 0 Å². The molecule has 7 heteroatoms. The summed E-state index contributed by atoms with van der Waals surface area (Å²) in [5.41, 5.74) is 0. The number of esters is 1. The van der Waals surface area contributed by atoms with E-state index in [4.69, 9.17) is 14.9 Å². The van der Waals surface area contributed by atoms with Gasteiger partial charge in [0.15, 0.2) is 6.29 Å². The van der Waals surface area contributed by atoms with Crippen LogP contribution in [0.2, 0.25) is 0 Å². The van der Waals surface area contributed by atoms with Crippen molar-refractivity contribution in [1.82, 2.24) is 0 Å². The van der Waals surface area contributed by atoms with Crippen LogP contribution in [0.25, 0.3) is 0 Å². The van der Waals surface area contributed by atoms with Crippen LogP contribution in [0.15, 0.2) is 0 Å². The van der Waals surface area contributed by atoms with Gasteiger partial charge < -0.3 is 29.9 Å². The molecule has 1 aliphatic heterocycles. The summed E-state index contributed by atoms with van der Waals surface area (Å²) in [6.07, 6.45) is -6.89. The monoisotopic (exact) mass is 222 g/mol. The minimum absolute atomic E-state index is 0.365. The fraction of sp³-hybridized carbons (Fsp3) is 0.875. The second-order valence-corrected chi connectivity index (χ2v) is 3.34. The number of aliphatic hydroxyl groups is 4. The average Bonchev–Trinajstić information content (AvgIpc) is 2.42. The lowest BCUT2D eigenvalue weighted by Gasteiger charge is -2.19. The van der Waals surface area contributed by atoms with E-state index in [-0.39, 0.29) is 6.61 Å². The molecule has 0 bridgehead atoms. The molecule has 5 atom stereocenters. The van der Waals surface area contributed by atoms with Crippen LogP contribution >= 0.6 is 0 Å². The van der Waals surface area contributed by atoms with E-state index < -0.39 is 36.7 Å². The van der Waals surface area contributed by atoms with Gasteiger partial charge in [0.05, 0.1) is 0 Å². The molecule has 88 valence electrons. The average molecular weight is 222 g/mol. The summed E-state index contributed by atoms with van der Waals surface area (Å²) in [5.74, 6) is -0.581. The Bertz CT molecular complexity index is 231. The van der Waals surface area contributed by atoms with Gasteiger partial charge in [0.25, 0.3) is 0 Å². The molecule has 0 radical (unpaired) electrons. The van der Waals surface area contributed by atoms with Crippen molar-refractivity contribution in [1.29, 1.82) is 0 Å². The maximum atomic E-state index is 10.4. The summed E-state index contributed by atoms with van der Waals surface area (Å²) >= 11 is 0. The summed E-state index contributed by atoms with van der Waals surface area (Å²) in [5, 5.41) is 36.9. The molecule has 0 aromatic carbocycles. The minimum atomic E-state index is -1.54. The quantitative estimate of drug-likeness (QED) is 0.385. The standard InChI is InChI=1S/C8H14O7/c1-3(9)14-2-4(10)7-5(11)6(12)8(13)15-7/h4-8,10-13H,2H2,1H3/t4-,5-,6-,7+,8?/m1/s1. The third-order valence-corrected chi connectivity index (χ3v) is 2.11. The second kappa shape index (κ2) is 4.86. The first-order chi connectivity index (χ1) is 6.93. The molecular formula is C8H14O7. The SMILES string of the molecule is CC(=O)OC[C@@H](O)[C@@H]1OC(O)[C@H](O)[C@H]1O. The van der Waals surface area contributed by atoms with Gasteiger partial charge in [0.2, 0.25) is 0 Å². The van der Waals surface area contributed by atoms with Crippen LogP contribution < -0.4 is 0 Å². The van der Waals surface area contributed by atoms with Gasteiger partial charge in [-0.2, -0.15) is 0 Å². The van der Waals surface area contributed by atoms with Crippen molar-refractivity contribution < 1.29 is 34.7 Å². The van der Waals surface area contributed by atoms with E-state index in [1.54, 1.807) is 0 Å².